The molecule has 18 heavy (non-hydrogen) atoms. The van der Waals surface area contributed by atoms with E-state index < -0.39 is 0 Å². The standard InChI is InChI=1S/C12H10N4OS/c1-8-7-18-12-15-10(6-16(8)12)11(17)14-9-3-2-4-13-5-9/h2-7H,1H3,(H,14,17). The van der Waals surface area contributed by atoms with Gasteiger partial charge in [-0.05, 0) is 19.1 Å². The van der Waals surface area contributed by atoms with Gasteiger partial charge in [-0.3, -0.25) is 14.2 Å². The molecule has 0 aliphatic heterocycles. The number of carbonyl (C=O) groups excluding carboxylic acids is 1. The first-order valence-electron chi connectivity index (χ1n) is 5.38. The number of nitrogens with zero attached hydrogens (tertiary/aromatic N) is 3. The maximum Gasteiger partial charge on any atom is 0.275 e. The molecule has 0 unspecified atom stereocenters. The van der Waals surface area contributed by atoms with Crippen LogP contribution in [0.15, 0.2) is 36.1 Å². The number of aryl methyl sites for hydroxylation is 1. The minimum absolute atomic E-state index is 0.224. The lowest BCUT2D eigenvalue weighted by atomic mass is 10.4. The molecule has 0 radical (unpaired) electrons. The molecule has 3 aromatic rings. The summed E-state index contributed by atoms with van der Waals surface area (Å²) in [6, 6.07) is 3.56. The molecular weight excluding hydrogens is 248 g/mol. The van der Waals surface area contributed by atoms with E-state index in [4.69, 9.17) is 0 Å². The fraction of sp³-hybridized carbons (Fsp3) is 0.0833. The largest absolute Gasteiger partial charge is 0.319 e. The smallest absolute Gasteiger partial charge is 0.275 e. The molecule has 0 spiro atoms. The number of hydrogen-bond acceptors (Lipinski definition) is 4. The Balaban J connectivity index is 1.88. The summed E-state index contributed by atoms with van der Waals surface area (Å²) in [7, 11) is 0. The Bertz CT molecular complexity index is 701. The van der Waals surface area contributed by atoms with Crippen LogP contribution in [0.25, 0.3) is 4.96 Å². The van der Waals surface area contributed by atoms with Crippen LogP contribution < -0.4 is 5.32 Å². The third kappa shape index (κ3) is 1.86. The number of fused-ring (bicyclic) bond motifs is 1. The van der Waals surface area contributed by atoms with Crippen LogP contribution in [0.5, 0.6) is 0 Å². The van der Waals surface area contributed by atoms with E-state index in [0.29, 0.717) is 11.4 Å². The number of nitrogens with one attached hydrogen (secondary N) is 1. The van der Waals surface area contributed by atoms with Crippen LogP contribution >= 0.6 is 11.3 Å². The predicted molar refractivity (Wildman–Crippen MR) is 70.0 cm³/mol. The highest BCUT2D eigenvalue weighted by Gasteiger charge is 2.12. The summed E-state index contributed by atoms with van der Waals surface area (Å²) < 4.78 is 1.91. The van der Waals surface area contributed by atoms with Crippen LogP contribution in [-0.2, 0) is 0 Å². The zero-order chi connectivity index (χ0) is 12.5. The van der Waals surface area contributed by atoms with Gasteiger partial charge >= 0.3 is 0 Å². The first kappa shape index (κ1) is 10.9. The Morgan fingerprint density at radius 3 is 3.11 bits per heavy atom. The molecule has 0 fully saturated rings. The number of amides is 1. The van der Waals surface area contributed by atoms with Gasteiger partial charge in [-0.2, -0.15) is 0 Å². The van der Waals surface area contributed by atoms with E-state index in [-0.39, 0.29) is 5.91 Å². The molecular formula is C12H10N4OS. The monoisotopic (exact) mass is 258 g/mol. The third-order valence-corrected chi connectivity index (χ3v) is 3.50. The normalized spacial score (nSPS) is 10.7. The molecule has 0 atom stereocenters. The summed E-state index contributed by atoms with van der Waals surface area (Å²) >= 11 is 1.52. The first-order valence-corrected chi connectivity index (χ1v) is 6.26. The molecule has 5 nitrogen and oxygen atoms in total. The summed E-state index contributed by atoms with van der Waals surface area (Å²) in [6.07, 6.45) is 5.00. The fourth-order valence-electron chi connectivity index (χ4n) is 1.64. The zero-order valence-corrected chi connectivity index (χ0v) is 10.4. The second kappa shape index (κ2) is 4.23. The van der Waals surface area contributed by atoms with Gasteiger partial charge in [-0.15, -0.1) is 11.3 Å². The first-order chi connectivity index (χ1) is 8.74. The van der Waals surface area contributed by atoms with Crippen LogP contribution in [0.4, 0.5) is 5.69 Å². The molecule has 3 rings (SSSR count). The van der Waals surface area contributed by atoms with E-state index in [2.05, 4.69) is 15.3 Å². The highest BCUT2D eigenvalue weighted by atomic mass is 32.1. The highest BCUT2D eigenvalue weighted by molar-refractivity contribution is 7.15. The number of rotatable bonds is 2. The maximum atomic E-state index is 12.0. The molecule has 0 aliphatic carbocycles. The summed E-state index contributed by atoms with van der Waals surface area (Å²) in [4.78, 5) is 21.0. The second-order valence-corrected chi connectivity index (χ2v) is 4.69. The summed E-state index contributed by atoms with van der Waals surface area (Å²) in [5.41, 5.74) is 2.15. The number of thiazole rings is 1. The number of pyridine rings is 1. The van der Waals surface area contributed by atoms with E-state index in [1.807, 2.05) is 16.7 Å². The lowest BCUT2D eigenvalue weighted by Gasteiger charge is -2.00. The molecule has 0 aliphatic rings. The number of anilines is 1. The number of carbonyl (C=O) groups is 1. The average molecular weight is 258 g/mol. The number of hydrogen-bond donors (Lipinski definition) is 1. The molecule has 3 aromatic heterocycles. The maximum absolute atomic E-state index is 12.0. The van der Waals surface area contributed by atoms with Gasteiger partial charge in [0.2, 0.25) is 0 Å². The zero-order valence-electron chi connectivity index (χ0n) is 9.62. The van der Waals surface area contributed by atoms with Crippen LogP contribution in [0.2, 0.25) is 0 Å². The summed E-state index contributed by atoms with van der Waals surface area (Å²) in [5, 5.41) is 4.76. The van der Waals surface area contributed by atoms with Crippen LogP contribution in [0.1, 0.15) is 16.2 Å². The van der Waals surface area contributed by atoms with Crippen molar-refractivity contribution < 1.29 is 4.79 Å². The Morgan fingerprint density at radius 1 is 1.50 bits per heavy atom. The van der Waals surface area contributed by atoms with Gasteiger partial charge in [0.15, 0.2) is 4.96 Å². The van der Waals surface area contributed by atoms with E-state index in [9.17, 15) is 4.79 Å². The summed E-state index contributed by atoms with van der Waals surface area (Å²) in [5.74, 6) is -0.224. The van der Waals surface area contributed by atoms with Crippen molar-refractivity contribution in [1.29, 1.82) is 0 Å². The number of aromatic nitrogens is 3. The van der Waals surface area contributed by atoms with Crippen molar-refractivity contribution in [2.24, 2.45) is 0 Å². The molecule has 0 aromatic carbocycles. The average Bonchev–Trinajstić information content (AvgIpc) is 2.93. The van der Waals surface area contributed by atoms with Crippen molar-refractivity contribution in [3.63, 3.8) is 0 Å². The third-order valence-electron chi connectivity index (χ3n) is 2.54. The SMILES string of the molecule is Cc1csc2nc(C(=O)Nc3cccnc3)cn12. The van der Waals surface area contributed by atoms with E-state index in [1.54, 1.807) is 30.7 Å². The molecule has 6 heteroatoms. The van der Waals surface area contributed by atoms with Gasteiger partial charge in [-0.1, -0.05) is 0 Å². The highest BCUT2D eigenvalue weighted by Crippen LogP contribution is 2.16. The molecule has 3 heterocycles. The Hall–Kier alpha value is -2.21. The van der Waals surface area contributed by atoms with Crippen LogP contribution in [0, 0.1) is 6.92 Å². The molecule has 90 valence electrons. The fourth-order valence-corrected chi connectivity index (χ4v) is 2.49. The van der Waals surface area contributed by atoms with E-state index in [0.717, 1.165) is 10.7 Å². The number of imidazole rings is 1. The Kier molecular flexibility index (Phi) is 2.56. The van der Waals surface area contributed by atoms with Crippen molar-refractivity contribution in [2.45, 2.75) is 6.92 Å². The lowest BCUT2D eigenvalue weighted by Crippen LogP contribution is -2.12. The summed E-state index contributed by atoms with van der Waals surface area (Å²) in [6.45, 7) is 1.98. The predicted octanol–water partition coefficient (Wildman–Crippen LogP) is 2.35. The van der Waals surface area contributed by atoms with Gasteiger partial charge in [0.1, 0.15) is 5.69 Å². The molecule has 0 saturated heterocycles. The molecule has 0 bridgehead atoms. The van der Waals surface area contributed by atoms with Crippen molar-refractivity contribution >= 4 is 27.9 Å². The van der Waals surface area contributed by atoms with Crippen molar-refractivity contribution in [3.05, 3.63) is 47.5 Å². The minimum atomic E-state index is -0.224. The van der Waals surface area contributed by atoms with E-state index in [1.165, 1.54) is 11.3 Å². The molecule has 1 amide bonds. The van der Waals surface area contributed by atoms with Gasteiger partial charge in [-0.25, -0.2) is 4.98 Å². The lowest BCUT2D eigenvalue weighted by molar-refractivity contribution is 0.102. The van der Waals surface area contributed by atoms with Crippen molar-refractivity contribution in [3.8, 4) is 0 Å². The Labute approximate surface area is 107 Å². The van der Waals surface area contributed by atoms with Gasteiger partial charge in [0.25, 0.3) is 5.91 Å². The quantitative estimate of drug-likeness (QED) is 0.767. The van der Waals surface area contributed by atoms with E-state index >= 15 is 0 Å². The van der Waals surface area contributed by atoms with Crippen molar-refractivity contribution in [1.82, 2.24) is 14.4 Å². The van der Waals surface area contributed by atoms with Crippen molar-refractivity contribution in [2.75, 3.05) is 5.32 Å². The van der Waals surface area contributed by atoms with Crippen LogP contribution in [0.3, 0.4) is 0 Å². The van der Waals surface area contributed by atoms with Gasteiger partial charge in [0.05, 0.1) is 11.9 Å². The topological polar surface area (TPSA) is 59.3 Å². The molecule has 1 N–H and O–H groups in total. The molecule has 0 saturated carbocycles. The second-order valence-electron chi connectivity index (χ2n) is 3.85. The Morgan fingerprint density at radius 2 is 2.39 bits per heavy atom. The van der Waals surface area contributed by atoms with Gasteiger partial charge < -0.3 is 5.32 Å². The minimum Gasteiger partial charge on any atom is -0.319 e. The van der Waals surface area contributed by atoms with Crippen LogP contribution in [-0.4, -0.2) is 20.3 Å². The van der Waals surface area contributed by atoms with Gasteiger partial charge in [0, 0.05) is 23.5 Å².